The molecule has 0 saturated heterocycles. The SMILES string of the molecule is CCC(COC)Nc1ccc2oc(C(C)C)nc2c1. The van der Waals surface area contributed by atoms with Gasteiger partial charge in [-0.05, 0) is 24.6 Å². The van der Waals surface area contributed by atoms with E-state index in [-0.39, 0.29) is 0 Å². The Labute approximate surface area is 114 Å². The van der Waals surface area contributed by atoms with Crippen LogP contribution in [0.5, 0.6) is 0 Å². The van der Waals surface area contributed by atoms with Crippen LogP contribution in [0.25, 0.3) is 11.1 Å². The minimum Gasteiger partial charge on any atom is -0.440 e. The van der Waals surface area contributed by atoms with Gasteiger partial charge in [0.1, 0.15) is 5.52 Å². The van der Waals surface area contributed by atoms with Crippen LogP contribution in [0, 0.1) is 0 Å². The molecule has 0 aliphatic rings. The first kappa shape index (κ1) is 13.9. The summed E-state index contributed by atoms with van der Waals surface area (Å²) in [6.45, 7) is 7.00. The van der Waals surface area contributed by atoms with Crippen molar-refractivity contribution in [3.63, 3.8) is 0 Å². The van der Waals surface area contributed by atoms with Crippen molar-refractivity contribution in [2.45, 2.75) is 39.2 Å². The third-order valence-corrected chi connectivity index (χ3v) is 3.13. The molecule has 0 fully saturated rings. The van der Waals surface area contributed by atoms with Gasteiger partial charge in [0, 0.05) is 24.8 Å². The monoisotopic (exact) mass is 262 g/mol. The minimum absolute atomic E-state index is 0.306. The maximum atomic E-state index is 5.70. The fraction of sp³-hybridized carbons (Fsp3) is 0.533. The summed E-state index contributed by atoms with van der Waals surface area (Å²) in [7, 11) is 1.72. The van der Waals surface area contributed by atoms with Gasteiger partial charge in [0.05, 0.1) is 6.61 Å². The number of oxazole rings is 1. The van der Waals surface area contributed by atoms with E-state index < -0.39 is 0 Å². The summed E-state index contributed by atoms with van der Waals surface area (Å²) >= 11 is 0. The van der Waals surface area contributed by atoms with Crippen LogP contribution in [0.3, 0.4) is 0 Å². The van der Waals surface area contributed by atoms with E-state index >= 15 is 0 Å². The summed E-state index contributed by atoms with van der Waals surface area (Å²) in [6.07, 6.45) is 1.02. The number of rotatable bonds is 6. The van der Waals surface area contributed by atoms with E-state index in [1.165, 1.54) is 0 Å². The summed E-state index contributed by atoms with van der Waals surface area (Å²) in [5, 5.41) is 3.45. The summed E-state index contributed by atoms with van der Waals surface area (Å²) in [5.41, 5.74) is 2.80. The molecule has 4 heteroatoms. The lowest BCUT2D eigenvalue weighted by Gasteiger charge is -2.16. The lowest BCUT2D eigenvalue weighted by Crippen LogP contribution is -2.23. The largest absolute Gasteiger partial charge is 0.440 e. The van der Waals surface area contributed by atoms with E-state index in [1.54, 1.807) is 7.11 Å². The van der Waals surface area contributed by atoms with Crippen molar-refractivity contribution in [2.75, 3.05) is 19.0 Å². The molecule has 19 heavy (non-hydrogen) atoms. The fourth-order valence-electron chi connectivity index (χ4n) is 1.98. The Hall–Kier alpha value is -1.55. The number of benzene rings is 1. The Bertz CT molecular complexity index is 534. The maximum Gasteiger partial charge on any atom is 0.198 e. The number of fused-ring (bicyclic) bond motifs is 1. The second kappa shape index (κ2) is 6.06. The highest BCUT2D eigenvalue weighted by atomic mass is 16.5. The van der Waals surface area contributed by atoms with Crippen molar-refractivity contribution in [1.29, 1.82) is 0 Å². The normalized spacial score (nSPS) is 13.1. The molecule has 104 valence electrons. The highest BCUT2D eigenvalue weighted by Gasteiger charge is 2.11. The molecule has 1 aromatic heterocycles. The van der Waals surface area contributed by atoms with Gasteiger partial charge >= 0.3 is 0 Å². The highest BCUT2D eigenvalue weighted by molar-refractivity contribution is 5.77. The van der Waals surface area contributed by atoms with Crippen LogP contribution in [0.15, 0.2) is 22.6 Å². The van der Waals surface area contributed by atoms with Crippen LogP contribution >= 0.6 is 0 Å². The second-order valence-electron chi connectivity index (χ2n) is 5.09. The molecule has 2 aromatic rings. The first-order valence-electron chi connectivity index (χ1n) is 6.80. The Kier molecular flexibility index (Phi) is 4.43. The number of anilines is 1. The van der Waals surface area contributed by atoms with Gasteiger partial charge in [-0.2, -0.15) is 0 Å². The molecule has 1 unspecified atom stereocenters. The van der Waals surface area contributed by atoms with Gasteiger partial charge in [0.25, 0.3) is 0 Å². The molecule has 1 aromatic carbocycles. The molecule has 0 bridgehead atoms. The van der Waals surface area contributed by atoms with Crippen molar-refractivity contribution in [2.24, 2.45) is 0 Å². The Balaban J connectivity index is 2.20. The van der Waals surface area contributed by atoms with Gasteiger partial charge in [-0.3, -0.25) is 0 Å². The number of ether oxygens (including phenoxy) is 1. The van der Waals surface area contributed by atoms with Crippen LogP contribution in [0.1, 0.15) is 39.0 Å². The average molecular weight is 262 g/mol. The van der Waals surface area contributed by atoms with Gasteiger partial charge in [-0.15, -0.1) is 0 Å². The Morgan fingerprint density at radius 1 is 1.37 bits per heavy atom. The van der Waals surface area contributed by atoms with Gasteiger partial charge in [0.15, 0.2) is 11.5 Å². The molecule has 0 saturated carbocycles. The first-order chi connectivity index (χ1) is 9.13. The lowest BCUT2D eigenvalue weighted by molar-refractivity contribution is 0.184. The molecule has 0 radical (unpaired) electrons. The first-order valence-corrected chi connectivity index (χ1v) is 6.80. The number of aromatic nitrogens is 1. The molecule has 1 heterocycles. The van der Waals surface area contributed by atoms with E-state index in [9.17, 15) is 0 Å². The van der Waals surface area contributed by atoms with E-state index in [1.807, 2.05) is 18.2 Å². The van der Waals surface area contributed by atoms with Crippen LogP contribution in [-0.4, -0.2) is 24.7 Å². The predicted molar refractivity (Wildman–Crippen MR) is 77.7 cm³/mol. The number of methoxy groups -OCH3 is 1. The quantitative estimate of drug-likeness (QED) is 0.860. The van der Waals surface area contributed by atoms with E-state index in [0.717, 1.165) is 29.1 Å². The maximum absolute atomic E-state index is 5.70. The van der Waals surface area contributed by atoms with Crippen molar-refractivity contribution in [1.82, 2.24) is 4.98 Å². The van der Waals surface area contributed by atoms with Crippen LogP contribution in [-0.2, 0) is 4.74 Å². The molecule has 0 amide bonds. The summed E-state index contributed by atoms with van der Waals surface area (Å²) in [4.78, 5) is 4.51. The van der Waals surface area contributed by atoms with Crippen molar-refractivity contribution < 1.29 is 9.15 Å². The number of nitrogens with one attached hydrogen (secondary N) is 1. The van der Waals surface area contributed by atoms with Gasteiger partial charge in [0.2, 0.25) is 0 Å². The average Bonchev–Trinajstić information content (AvgIpc) is 2.81. The molecule has 0 aliphatic heterocycles. The molecule has 1 N–H and O–H groups in total. The molecule has 2 rings (SSSR count). The number of hydrogen-bond donors (Lipinski definition) is 1. The lowest BCUT2D eigenvalue weighted by atomic mass is 10.2. The summed E-state index contributed by atoms with van der Waals surface area (Å²) in [5.74, 6) is 1.09. The zero-order valence-electron chi connectivity index (χ0n) is 12.1. The van der Waals surface area contributed by atoms with Gasteiger partial charge in [-0.1, -0.05) is 20.8 Å². The second-order valence-corrected chi connectivity index (χ2v) is 5.09. The fourth-order valence-corrected chi connectivity index (χ4v) is 1.98. The van der Waals surface area contributed by atoms with Crippen molar-refractivity contribution >= 4 is 16.8 Å². The molecular formula is C15H22N2O2. The van der Waals surface area contributed by atoms with Crippen LogP contribution in [0.2, 0.25) is 0 Å². The molecule has 1 atom stereocenters. The summed E-state index contributed by atoms with van der Waals surface area (Å²) < 4.78 is 10.9. The Morgan fingerprint density at radius 3 is 2.79 bits per heavy atom. The van der Waals surface area contributed by atoms with E-state index in [4.69, 9.17) is 9.15 Å². The van der Waals surface area contributed by atoms with Crippen LogP contribution < -0.4 is 5.32 Å². The van der Waals surface area contributed by atoms with Crippen molar-refractivity contribution in [3.05, 3.63) is 24.1 Å². The smallest absolute Gasteiger partial charge is 0.198 e. The number of nitrogens with zero attached hydrogens (tertiary/aromatic N) is 1. The topological polar surface area (TPSA) is 47.3 Å². The standard InChI is InChI=1S/C15H22N2O2/c1-5-11(9-18-4)16-12-6-7-14-13(8-12)17-15(19-14)10(2)3/h6-8,10-11,16H,5,9H2,1-4H3. The van der Waals surface area contributed by atoms with Crippen LogP contribution in [0.4, 0.5) is 5.69 Å². The molecule has 4 nitrogen and oxygen atoms in total. The molecular weight excluding hydrogens is 240 g/mol. The Morgan fingerprint density at radius 2 is 2.16 bits per heavy atom. The molecule has 0 aliphatic carbocycles. The minimum atomic E-state index is 0.306. The summed E-state index contributed by atoms with van der Waals surface area (Å²) in [6, 6.07) is 6.34. The third-order valence-electron chi connectivity index (χ3n) is 3.13. The van der Waals surface area contributed by atoms with E-state index in [0.29, 0.717) is 18.6 Å². The zero-order chi connectivity index (χ0) is 13.8. The number of hydrogen-bond acceptors (Lipinski definition) is 4. The van der Waals surface area contributed by atoms with Crippen molar-refractivity contribution in [3.8, 4) is 0 Å². The zero-order valence-corrected chi connectivity index (χ0v) is 12.1. The van der Waals surface area contributed by atoms with Gasteiger partial charge < -0.3 is 14.5 Å². The van der Waals surface area contributed by atoms with Gasteiger partial charge in [-0.25, -0.2) is 4.98 Å². The highest BCUT2D eigenvalue weighted by Crippen LogP contribution is 2.24. The van der Waals surface area contributed by atoms with E-state index in [2.05, 4.69) is 31.1 Å². The molecule has 0 spiro atoms. The third kappa shape index (κ3) is 3.26. The predicted octanol–water partition coefficient (Wildman–Crippen LogP) is 3.79.